The number of hydrogen-bond acceptors (Lipinski definition) is 3. The highest BCUT2D eigenvalue weighted by Crippen LogP contribution is 2.22. The van der Waals surface area contributed by atoms with Crippen molar-refractivity contribution in [1.29, 1.82) is 0 Å². The maximum atomic E-state index is 12.1. The molecule has 0 aromatic rings. The Morgan fingerprint density at radius 3 is 2.71 bits per heavy atom. The van der Waals surface area contributed by atoms with Crippen molar-refractivity contribution < 1.29 is 9.90 Å². The average molecular weight is 298 g/mol. The second-order valence-corrected chi connectivity index (χ2v) is 7.10. The van der Waals surface area contributed by atoms with Gasteiger partial charge in [-0.15, -0.1) is 0 Å². The molecule has 3 atom stereocenters. The predicted octanol–water partition coefficient (Wildman–Crippen LogP) is 2.17. The largest absolute Gasteiger partial charge is 0.396 e. The van der Waals surface area contributed by atoms with Crippen LogP contribution in [0.15, 0.2) is 0 Å². The number of piperidine rings is 1. The summed E-state index contributed by atoms with van der Waals surface area (Å²) >= 11 is 0. The number of amides is 1. The number of hydrogen-bond donors (Lipinski definition) is 3. The molecule has 1 amide bonds. The highest BCUT2D eigenvalue weighted by Gasteiger charge is 2.22. The Labute approximate surface area is 130 Å². The van der Waals surface area contributed by atoms with E-state index in [0.717, 1.165) is 25.9 Å². The summed E-state index contributed by atoms with van der Waals surface area (Å²) < 4.78 is 0. The number of nitrogens with one attached hydrogen (secondary N) is 2. The molecule has 1 aliphatic heterocycles. The van der Waals surface area contributed by atoms with Crippen LogP contribution in [0.25, 0.3) is 0 Å². The van der Waals surface area contributed by atoms with Gasteiger partial charge in [-0.1, -0.05) is 20.8 Å². The molecule has 0 aromatic heterocycles. The Balaban J connectivity index is 2.27. The first-order valence-electron chi connectivity index (χ1n) is 8.61. The van der Waals surface area contributed by atoms with E-state index in [1.54, 1.807) is 0 Å². The zero-order chi connectivity index (χ0) is 15.7. The molecule has 4 heteroatoms. The zero-order valence-corrected chi connectivity index (χ0v) is 14.0. The fourth-order valence-electron chi connectivity index (χ4n) is 3.31. The van der Waals surface area contributed by atoms with Crippen molar-refractivity contribution in [2.24, 2.45) is 23.7 Å². The average Bonchev–Trinajstić information content (AvgIpc) is 2.45. The summed E-state index contributed by atoms with van der Waals surface area (Å²) in [6.07, 6.45) is 4.93. The summed E-state index contributed by atoms with van der Waals surface area (Å²) in [4.78, 5) is 12.1. The van der Waals surface area contributed by atoms with Crippen LogP contribution in [0.4, 0.5) is 0 Å². The van der Waals surface area contributed by atoms with Crippen LogP contribution in [0.3, 0.4) is 0 Å². The summed E-state index contributed by atoms with van der Waals surface area (Å²) in [7, 11) is 0. The summed E-state index contributed by atoms with van der Waals surface area (Å²) in [6, 6.07) is 0. The third-order valence-electron chi connectivity index (χ3n) is 4.58. The lowest BCUT2D eigenvalue weighted by Gasteiger charge is -2.28. The van der Waals surface area contributed by atoms with E-state index in [9.17, 15) is 4.79 Å². The molecule has 4 nitrogen and oxygen atoms in total. The number of aliphatic hydroxyl groups excluding tert-OH is 1. The van der Waals surface area contributed by atoms with E-state index < -0.39 is 0 Å². The van der Waals surface area contributed by atoms with Crippen molar-refractivity contribution in [3.63, 3.8) is 0 Å². The second kappa shape index (κ2) is 10.2. The fraction of sp³-hybridized carbons (Fsp3) is 0.941. The van der Waals surface area contributed by atoms with Gasteiger partial charge in [0.25, 0.3) is 0 Å². The van der Waals surface area contributed by atoms with Crippen molar-refractivity contribution in [2.45, 2.75) is 52.9 Å². The van der Waals surface area contributed by atoms with Crippen LogP contribution < -0.4 is 10.6 Å². The minimum Gasteiger partial charge on any atom is -0.396 e. The molecule has 1 rings (SSSR count). The topological polar surface area (TPSA) is 61.4 Å². The SMILES string of the molecule is CC(C)CC(CCO)CNC(=O)CC(C)C1CCCNC1. The summed E-state index contributed by atoms with van der Waals surface area (Å²) in [5.74, 6) is 2.24. The summed E-state index contributed by atoms with van der Waals surface area (Å²) in [6.45, 7) is 9.64. The van der Waals surface area contributed by atoms with Crippen LogP contribution in [0, 0.1) is 23.7 Å². The molecule has 1 heterocycles. The second-order valence-electron chi connectivity index (χ2n) is 7.10. The summed E-state index contributed by atoms with van der Waals surface area (Å²) in [5.41, 5.74) is 0. The van der Waals surface area contributed by atoms with E-state index >= 15 is 0 Å². The van der Waals surface area contributed by atoms with E-state index in [1.807, 2.05) is 0 Å². The molecule has 0 spiro atoms. The van der Waals surface area contributed by atoms with Gasteiger partial charge in [0, 0.05) is 19.6 Å². The number of rotatable bonds is 9. The molecular formula is C17H34N2O2. The standard InChI is InChI=1S/C17H34N2O2/c1-13(2)9-15(6-8-20)11-19-17(21)10-14(3)16-5-4-7-18-12-16/h13-16,18,20H,4-12H2,1-3H3,(H,19,21). The zero-order valence-electron chi connectivity index (χ0n) is 14.0. The Hall–Kier alpha value is -0.610. The van der Waals surface area contributed by atoms with Gasteiger partial charge in [0.1, 0.15) is 0 Å². The van der Waals surface area contributed by atoms with Crippen LogP contribution in [-0.2, 0) is 4.79 Å². The fourth-order valence-corrected chi connectivity index (χ4v) is 3.31. The van der Waals surface area contributed by atoms with Gasteiger partial charge in [0.15, 0.2) is 0 Å². The Morgan fingerprint density at radius 2 is 2.14 bits per heavy atom. The molecule has 0 bridgehead atoms. The van der Waals surface area contributed by atoms with E-state index in [4.69, 9.17) is 5.11 Å². The van der Waals surface area contributed by atoms with Crippen LogP contribution >= 0.6 is 0 Å². The van der Waals surface area contributed by atoms with Crippen LogP contribution in [0.2, 0.25) is 0 Å². The maximum Gasteiger partial charge on any atom is 0.220 e. The Bertz CT molecular complexity index is 289. The Kier molecular flexibility index (Phi) is 8.93. The van der Waals surface area contributed by atoms with Gasteiger partial charge in [0.05, 0.1) is 0 Å². The molecule has 21 heavy (non-hydrogen) atoms. The third-order valence-corrected chi connectivity index (χ3v) is 4.58. The highest BCUT2D eigenvalue weighted by atomic mass is 16.3. The lowest BCUT2D eigenvalue weighted by molar-refractivity contribution is -0.122. The molecule has 3 N–H and O–H groups in total. The lowest BCUT2D eigenvalue weighted by Crippen LogP contribution is -2.36. The van der Waals surface area contributed by atoms with Gasteiger partial charge in [0.2, 0.25) is 5.91 Å². The number of carbonyl (C=O) groups excluding carboxylic acids is 1. The highest BCUT2D eigenvalue weighted by molar-refractivity contribution is 5.76. The molecular weight excluding hydrogens is 264 g/mol. The smallest absolute Gasteiger partial charge is 0.220 e. The van der Waals surface area contributed by atoms with E-state index in [1.165, 1.54) is 12.8 Å². The monoisotopic (exact) mass is 298 g/mol. The van der Waals surface area contributed by atoms with Gasteiger partial charge in [-0.05, 0) is 62.4 Å². The molecule has 0 saturated carbocycles. The van der Waals surface area contributed by atoms with E-state index in [-0.39, 0.29) is 12.5 Å². The van der Waals surface area contributed by atoms with Gasteiger partial charge in [-0.25, -0.2) is 0 Å². The van der Waals surface area contributed by atoms with Crippen molar-refractivity contribution in [3.05, 3.63) is 0 Å². The molecule has 1 fully saturated rings. The minimum atomic E-state index is 0.166. The lowest BCUT2D eigenvalue weighted by atomic mass is 9.85. The molecule has 1 saturated heterocycles. The first kappa shape index (κ1) is 18.4. The minimum absolute atomic E-state index is 0.166. The van der Waals surface area contributed by atoms with Crippen LogP contribution in [0.5, 0.6) is 0 Å². The van der Waals surface area contributed by atoms with Crippen molar-refractivity contribution in [3.8, 4) is 0 Å². The van der Waals surface area contributed by atoms with Crippen LogP contribution in [0.1, 0.15) is 52.9 Å². The first-order chi connectivity index (χ1) is 10.0. The van der Waals surface area contributed by atoms with E-state index in [0.29, 0.717) is 36.6 Å². The van der Waals surface area contributed by atoms with Crippen molar-refractivity contribution >= 4 is 5.91 Å². The molecule has 1 aliphatic rings. The number of aliphatic hydroxyl groups is 1. The van der Waals surface area contributed by atoms with Crippen LogP contribution in [-0.4, -0.2) is 37.3 Å². The van der Waals surface area contributed by atoms with Crippen molar-refractivity contribution in [1.82, 2.24) is 10.6 Å². The van der Waals surface area contributed by atoms with Gasteiger partial charge in [-0.3, -0.25) is 4.79 Å². The van der Waals surface area contributed by atoms with E-state index in [2.05, 4.69) is 31.4 Å². The molecule has 0 aromatic carbocycles. The molecule has 0 aliphatic carbocycles. The quantitative estimate of drug-likeness (QED) is 0.611. The molecule has 3 unspecified atom stereocenters. The van der Waals surface area contributed by atoms with Gasteiger partial charge < -0.3 is 15.7 Å². The maximum absolute atomic E-state index is 12.1. The third kappa shape index (κ3) is 7.82. The first-order valence-corrected chi connectivity index (χ1v) is 8.61. The summed E-state index contributed by atoms with van der Waals surface area (Å²) in [5, 5.41) is 15.6. The normalized spacial score (nSPS) is 22.0. The number of carbonyl (C=O) groups is 1. The predicted molar refractivity (Wildman–Crippen MR) is 87.0 cm³/mol. The van der Waals surface area contributed by atoms with Crippen molar-refractivity contribution in [2.75, 3.05) is 26.2 Å². The van der Waals surface area contributed by atoms with Gasteiger partial charge >= 0.3 is 0 Å². The Morgan fingerprint density at radius 1 is 1.38 bits per heavy atom. The molecule has 124 valence electrons. The molecule has 0 radical (unpaired) electrons. The van der Waals surface area contributed by atoms with Gasteiger partial charge in [-0.2, -0.15) is 0 Å².